The Morgan fingerprint density at radius 1 is 1.12 bits per heavy atom. The lowest BCUT2D eigenvalue weighted by Gasteiger charge is -2.20. The highest BCUT2D eigenvalue weighted by atomic mass is 16.4. The number of rotatable bonds is 7. The number of carbonyl (C=O) groups excluding carboxylic acids is 1. The second kappa shape index (κ2) is 8.29. The van der Waals surface area contributed by atoms with Gasteiger partial charge in [0, 0.05) is 6.42 Å². The van der Waals surface area contributed by atoms with E-state index >= 15 is 0 Å². The molecule has 0 bridgehead atoms. The summed E-state index contributed by atoms with van der Waals surface area (Å²) >= 11 is 0. The van der Waals surface area contributed by atoms with Gasteiger partial charge in [-0.15, -0.1) is 0 Å². The number of nitrogens with one attached hydrogen (secondary N) is 1. The van der Waals surface area contributed by atoms with Crippen LogP contribution in [0.5, 0.6) is 0 Å². The van der Waals surface area contributed by atoms with Crippen molar-refractivity contribution in [1.82, 2.24) is 5.32 Å². The van der Waals surface area contributed by atoms with Gasteiger partial charge in [-0.3, -0.25) is 4.79 Å². The average Bonchev–Trinajstić information content (AvgIpc) is 2.45. The lowest BCUT2D eigenvalue weighted by Crippen LogP contribution is -2.46. The van der Waals surface area contributed by atoms with Crippen molar-refractivity contribution in [3.63, 3.8) is 0 Å². The summed E-state index contributed by atoms with van der Waals surface area (Å²) in [4.78, 5) is 23.4. The van der Waals surface area contributed by atoms with Crippen molar-refractivity contribution in [2.45, 2.75) is 65.0 Å². The molecule has 3 N–H and O–H groups in total. The molecular weight excluding hydrogens is 306 g/mol. The van der Waals surface area contributed by atoms with E-state index in [1.807, 2.05) is 38.1 Å². The van der Waals surface area contributed by atoms with Crippen LogP contribution in [0.15, 0.2) is 24.3 Å². The number of hydrogen-bond donors (Lipinski definition) is 3. The van der Waals surface area contributed by atoms with E-state index in [1.54, 1.807) is 0 Å². The Kier molecular flexibility index (Phi) is 6.96. The molecule has 24 heavy (non-hydrogen) atoms. The molecule has 0 saturated carbocycles. The molecule has 0 unspecified atom stereocenters. The number of aliphatic hydroxyl groups is 1. The summed E-state index contributed by atoms with van der Waals surface area (Å²) in [6.45, 7) is 10.1. The fourth-order valence-electron chi connectivity index (χ4n) is 2.40. The predicted molar refractivity (Wildman–Crippen MR) is 93.9 cm³/mol. The number of carbonyl (C=O) groups is 2. The minimum Gasteiger partial charge on any atom is -0.480 e. The number of hydrogen-bond acceptors (Lipinski definition) is 3. The lowest BCUT2D eigenvalue weighted by atomic mass is 9.86. The molecule has 0 saturated heterocycles. The van der Waals surface area contributed by atoms with E-state index in [-0.39, 0.29) is 17.8 Å². The first-order chi connectivity index (χ1) is 11.0. The molecule has 1 aromatic rings. The van der Waals surface area contributed by atoms with Gasteiger partial charge in [0.05, 0.1) is 0 Å². The van der Waals surface area contributed by atoms with Crippen LogP contribution in [0, 0.1) is 5.92 Å². The van der Waals surface area contributed by atoms with Gasteiger partial charge in [0.15, 0.2) is 0 Å². The zero-order chi connectivity index (χ0) is 18.5. The van der Waals surface area contributed by atoms with E-state index in [0.29, 0.717) is 6.42 Å². The molecule has 0 fully saturated rings. The van der Waals surface area contributed by atoms with Crippen molar-refractivity contribution in [2.75, 3.05) is 0 Å². The van der Waals surface area contributed by atoms with Crippen LogP contribution in [-0.4, -0.2) is 34.2 Å². The smallest absolute Gasteiger partial charge is 0.326 e. The van der Waals surface area contributed by atoms with Crippen LogP contribution >= 0.6 is 0 Å². The van der Waals surface area contributed by atoms with E-state index in [1.165, 1.54) is 0 Å². The highest BCUT2D eigenvalue weighted by Gasteiger charge is 2.25. The van der Waals surface area contributed by atoms with Crippen molar-refractivity contribution in [1.29, 1.82) is 0 Å². The highest BCUT2D eigenvalue weighted by Crippen LogP contribution is 2.22. The van der Waals surface area contributed by atoms with Gasteiger partial charge in [-0.1, -0.05) is 58.9 Å². The first kappa shape index (κ1) is 20.2. The van der Waals surface area contributed by atoms with E-state index in [0.717, 1.165) is 11.1 Å². The third-order valence-corrected chi connectivity index (χ3v) is 3.87. The highest BCUT2D eigenvalue weighted by molar-refractivity contribution is 5.86. The molecule has 1 amide bonds. The molecule has 134 valence electrons. The third kappa shape index (κ3) is 6.32. The Balaban J connectivity index is 2.76. The minimum absolute atomic E-state index is 0.0277. The minimum atomic E-state index is -1.19. The van der Waals surface area contributed by atoms with Gasteiger partial charge in [0.2, 0.25) is 5.91 Å². The van der Waals surface area contributed by atoms with Crippen molar-refractivity contribution in [2.24, 2.45) is 5.92 Å². The predicted octanol–water partition coefficient (Wildman–Crippen LogP) is 2.50. The van der Waals surface area contributed by atoms with Crippen molar-refractivity contribution in [3.05, 3.63) is 35.4 Å². The van der Waals surface area contributed by atoms with Gasteiger partial charge in [-0.25, -0.2) is 4.79 Å². The molecule has 0 aliphatic rings. The quantitative estimate of drug-likeness (QED) is 0.714. The fourth-order valence-corrected chi connectivity index (χ4v) is 2.40. The summed E-state index contributed by atoms with van der Waals surface area (Å²) in [6.07, 6.45) is -0.701. The van der Waals surface area contributed by atoms with Crippen LogP contribution in [0.4, 0.5) is 0 Å². The Morgan fingerprint density at radius 3 is 2.08 bits per heavy atom. The molecule has 0 aliphatic heterocycles. The van der Waals surface area contributed by atoms with Crippen molar-refractivity contribution in [3.8, 4) is 0 Å². The van der Waals surface area contributed by atoms with Crippen molar-refractivity contribution < 1.29 is 19.8 Å². The van der Waals surface area contributed by atoms with Gasteiger partial charge in [-0.05, 0) is 28.9 Å². The summed E-state index contributed by atoms with van der Waals surface area (Å²) < 4.78 is 0. The second-order valence-electron chi connectivity index (χ2n) is 7.70. The number of aliphatic carboxylic acids is 1. The Bertz CT molecular complexity index is 558. The Hall–Kier alpha value is -1.88. The maximum Gasteiger partial charge on any atom is 0.326 e. The van der Waals surface area contributed by atoms with Gasteiger partial charge < -0.3 is 15.5 Å². The number of amides is 1. The monoisotopic (exact) mass is 335 g/mol. The SMILES string of the molecule is CC(C)C[C@@H](O)C(=O)N[C@@H](Cc1ccc(C(C)(C)C)cc1)C(=O)O. The first-order valence-corrected chi connectivity index (χ1v) is 8.31. The molecule has 0 heterocycles. The van der Waals surface area contributed by atoms with Gasteiger partial charge in [0.25, 0.3) is 0 Å². The molecule has 1 aromatic carbocycles. The van der Waals surface area contributed by atoms with E-state index < -0.39 is 24.0 Å². The summed E-state index contributed by atoms with van der Waals surface area (Å²) in [5.74, 6) is -1.60. The summed E-state index contributed by atoms with van der Waals surface area (Å²) in [5.41, 5.74) is 2.02. The average molecular weight is 335 g/mol. The normalized spacial score (nSPS) is 14.3. The molecule has 0 spiro atoms. The van der Waals surface area contributed by atoms with E-state index in [4.69, 9.17) is 0 Å². The standard InChI is InChI=1S/C19H29NO4/c1-12(2)10-16(21)17(22)20-15(18(23)24)11-13-6-8-14(9-7-13)19(3,4)5/h6-9,12,15-16,21H,10-11H2,1-5H3,(H,20,22)(H,23,24)/t15-,16+/m0/s1. The summed E-state index contributed by atoms with van der Waals surface area (Å²) in [5, 5.41) is 21.6. The largest absolute Gasteiger partial charge is 0.480 e. The van der Waals surface area contributed by atoms with Gasteiger partial charge in [-0.2, -0.15) is 0 Å². The Morgan fingerprint density at radius 2 is 1.67 bits per heavy atom. The summed E-state index contributed by atoms with van der Waals surface area (Å²) in [7, 11) is 0. The molecule has 5 heteroatoms. The van der Waals surface area contributed by atoms with Crippen LogP contribution in [0.1, 0.15) is 52.2 Å². The molecule has 2 atom stereocenters. The van der Waals surface area contributed by atoms with Crippen LogP contribution < -0.4 is 5.32 Å². The number of carboxylic acids is 1. The zero-order valence-corrected chi connectivity index (χ0v) is 15.2. The van der Waals surface area contributed by atoms with Crippen LogP contribution in [0.3, 0.4) is 0 Å². The Labute approximate surface area is 144 Å². The molecule has 5 nitrogen and oxygen atoms in total. The third-order valence-electron chi connectivity index (χ3n) is 3.87. The first-order valence-electron chi connectivity index (χ1n) is 8.31. The number of benzene rings is 1. The zero-order valence-electron chi connectivity index (χ0n) is 15.2. The lowest BCUT2D eigenvalue weighted by molar-refractivity contribution is -0.143. The second-order valence-corrected chi connectivity index (χ2v) is 7.70. The summed E-state index contributed by atoms with van der Waals surface area (Å²) in [6, 6.07) is 6.66. The molecule has 1 rings (SSSR count). The fraction of sp³-hybridized carbons (Fsp3) is 0.579. The van der Waals surface area contributed by atoms with Crippen LogP contribution in [0.2, 0.25) is 0 Å². The molecule has 0 radical (unpaired) electrons. The maximum absolute atomic E-state index is 11.9. The van der Waals surface area contributed by atoms with Crippen LogP contribution in [-0.2, 0) is 21.4 Å². The molecule has 0 aromatic heterocycles. The van der Waals surface area contributed by atoms with Crippen molar-refractivity contribution >= 4 is 11.9 Å². The van der Waals surface area contributed by atoms with Gasteiger partial charge >= 0.3 is 5.97 Å². The van der Waals surface area contributed by atoms with Crippen LogP contribution in [0.25, 0.3) is 0 Å². The number of carboxylic acid groups (broad SMARTS) is 1. The number of aliphatic hydroxyl groups excluding tert-OH is 1. The molecule has 0 aliphatic carbocycles. The van der Waals surface area contributed by atoms with Gasteiger partial charge in [0.1, 0.15) is 12.1 Å². The maximum atomic E-state index is 11.9. The van der Waals surface area contributed by atoms with E-state index in [2.05, 4.69) is 26.1 Å². The topological polar surface area (TPSA) is 86.6 Å². The molecular formula is C19H29NO4. The van der Waals surface area contributed by atoms with E-state index in [9.17, 15) is 19.8 Å².